The summed E-state index contributed by atoms with van der Waals surface area (Å²) in [5.41, 5.74) is 0. The van der Waals surface area contributed by atoms with Crippen LogP contribution in [0, 0.1) is 0 Å². The van der Waals surface area contributed by atoms with Crippen LogP contribution in [0.4, 0.5) is 0 Å². The van der Waals surface area contributed by atoms with Crippen LogP contribution in [0.3, 0.4) is 0 Å². The number of esters is 1. The van der Waals surface area contributed by atoms with E-state index in [-0.39, 0.29) is 18.5 Å². The third-order valence-electron chi connectivity index (χ3n) is 16.7. The summed E-state index contributed by atoms with van der Waals surface area (Å²) in [5.74, 6) is -0.0441. The van der Waals surface area contributed by atoms with Gasteiger partial charge >= 0.3 is 5.97 Å². The van der Waals surface area contributed by atoms with Crippen LogP contribution in [0.1, 0.15) is 393 Å². The van der Waals surface area contributed by atoms with Crippen molar-refractivity contribution >= 4 is 11.9 Å². The zero-order chi connectivity index (χ0) is 57.1. The highest BCUT2D eigenvalue weighted by atomic mass is 16.5. The van der Waals surface area contributed by atoms with E-state index in [4.69, 9.17) is 4.74 Å². The van der Waals surface area contributed by atoms with Crippen molar-refractivity contribution < 1.29 is 24.5 Å². The number of amides is 1. The zero-order valence-corrected chi connectivity index (χ0v) is 53.4. The second kappa shape index (κ2) is 68.6. The third kappa shape index (κ3) is 65.1. The molecule has 466 valence electrons. The van der Waals surface area contributed by atoms with E-state index in [0.717, 1.165) is 44.9 Å². The van der Waals surface area contributed by atoms with E-state index in [1.54, 1.807) is 6.08 Å². The van der Waals surface area contributed by atoms with E-state index < -0.39 is 12.1 Å². The van der Waals surface area contributed by atoms with Crippen LogP contribution >= 0.6 is 0 Å². The maximum absolute atomic E-state index is 12.5. The summed E-state index contributed by atoms with van der Waals surface area (Å²) in [5, 5.41) is 23.1. The lowest BCUT2D eigenvalue weighted by atomic mass is 10.0. The average Bonchev–Trinajstić information content (AvgIpc) is 3.45. The first-order valence-electron chi connectivity index (χ1n) is 35.8. The molecule has 0 aromatic rings. The molecule has 0 aromatic carbocycles. The third-order valence-corrected chi connectivity index (χ3v) is 16.7. The van der Waals surface area contributed by atoms with Crippen LogP contribution in [-0.2, 0) is 14.3 Å². The molecule has 0 radical (unpaired) electrons. The van der Waals surface area contributed by atoms with E-state index >= 15 is 0 Å². The second-order valence-corrected chi connectivity index (χ2v) is 24.6. The Morgan fingerprint density at radius 2 is 0.633 bits per heavy atom. The zero-order valence-electron chi connectivity index (χ0n) is 53.4. The molecule has 2 atom stereocenters. The summed E-state index contributed by atoms with van der Waals surface area (Å²) in [6.45, 7) is 4.92. The molecule has 2 unspecified atom stereocenters. The molecule has 6 nitrogen and oxygen atoms in total. The van der Waals surface area contributed by atoms with Crippen LogP contribution < -0.4 is 5.32 Å². The van der Waals surface area contributed by atoms with Crippen LogP contribution in [-0.4, -0.2) is 47.4 Å². The van der Waals surface area contributed by atoms with Gasteiger partial charge in [0.15, 0.2) is 0 Å². The number of rotatable bonds is 67. The lowest BCUT2D eigenvalue weighted by molar-refractivity contribution is -0.143. The summed E-state index contributed by atoms with van der Waals surface area (Å²) in [4.78, 5) is 24.5. The molecule has 6 heteroatoms. The predicted molar refractivity (Wildman–Crippen MR) is 347 cm³/mol. The number of allylic oxidation sites excluding steroid dienone is 5. The number of aliphatic hydroxyl groups is 2. The largest absolute Gasteiger partial charge is 0.466 e. The smallest absolute Gasteiger partial charge is 0.305 e. The molecule has 79 heavy (non-hydrogen) atoms. The van der Waals surface area contributed by atoms with Gasteiger partial charge in [-0.1, -0.05) is 352 Å². The maximum atomic E-state index is 12.5. The minimum atomic E-state index is -0.841. The number of aliphatic hydroxyl groups excluding tert-OH is 2. The van der Waals surface area contributed by atoms with Gasteiger partial charge in [-0.25, -0.2) is 0 Å². The highest BCUT2D eigenvalue weighted by molar-refractivity contribution is 5.76. The molecule has 0 saturated heterocycles. The Hall–Kier alpha value is -1.92. The maximum Gasteiger partial charge on any atom is 0.305 e. The fourth-order valence-corrected chi connectivity index (χ4v) is 11.2. The van der Waals surface area contributed by atoms with E-state index in [1.807, 2.05) is 6.08 Å². The quantitative estimate of drug-likeness (QED) is 0.0320. The van der Waals surface area contributed by atoms with Gasteiger partial charge in [0, 0.05) is 12.8 Å². The van der Waals surface area contributed by atoms with Gasteiger partial charge in [0.05, 0.1) is 25.4 Å². The molecule has 0 aliphatic heterocycles. The topological polar surface area (TPSA) is 95.9 Å². The molecule has 0 fully saturated rings. The highest BCUT2D eigenvalue weighted by Gasteiger charge is 2.18. The van der Waals surface area contributed by atoms with Crippen molar-refractivity contribution in [2.24, 2.45) is 0 Å². The summed E-state index contributed by atoms with van der Waals surface area (Å²) in [6.07, 6.45) is 88.2. The molecule has 0 aliphatic rings. The van der Waals surface area contributed by atoms with E-state index in [2.05, 4.69) is 43.5 Å². The Balaban J connectivity index is 3.35. The van der Waals surface area contributed by atoms with Crippen molar-refractivity contribution in [1.82, 2.24) is 5.32 Å². The summed E-state index contributed by atoms with van der Waals surface area (Å²) in [7, 11) is 0. The number of unbranched alkanes of at least 4 members (excludes halogenated alkanes) is 52. The van der Waals surface area contributed by atoms with Crippen molar-refractivity contribution in [3.8, 4) is 0 Å². The number of hydrogen-bond donors (Lipinski definition) is 3. The van der Waals surface area contributed by atoms with Crippen molar-refractivity contribution in [3.05, 3.63) is 36.5 Å². The Bertz CT molecular complexity index is 1280. The number of carbonyl (C=O) groups is 2. The Labute approximate surface area is 494 Å². The molecule has 0 heterocycles. The van der Waals surface area contributed by atoms with Crippen LogP contribution in [0.25, 0.3) is 0 Å². The number of hydrogen-bond acceptors (Lipinski definition) is 5. The highest BCUT2D eigenvalue weighted by Crippen LogP contribution is 2.18. The van der Waals surface area contributed by atoms with Gasteiger partial charge in [0.25, 0.3) is 0 Å². The molecule has 0 rings (SSSR count). The first kappa shape index (κ1) is 77.1. The second-order valence-electron chi connectivity index (χ2n) is 24.6. The standard InChI is InChI=1S/C73H139NO5/c1-3-5-7-9-11-13-15-42-47-51-55-59-63-67-73(78)79-68-64-60-56-52-48-44-41-39-37-35-33-31-29-27-25-23-21-19-17-18-20-22-24-26-28-30-32-34-36-38-40-43-46-50-54-58-62-66-72(77)74-70(69-75)71(76)65-61-57-53-49-45-16-14-12-10-8-6-4-2/h17,19,23,25,61,65,70-71,75-76H,3-16,18,20-22,24,26-60,62-64,66-69H2,1-2H3,(H,74,77)/b19-17-,25-23-,65-61+. The lowest BCUT2D eigenvalue weighted by Crippen LogP contribution is -2.45. The predicted octanol–water partition coefficient (Wildman–Crippen LogP) is 23.1. The normalized spacial score (nSPS) is 12.7. The van der Waals surface area contributed by atoms with E-state index in [1.165, 1.54) is 321 Å². The number of ether oxygens (including phenoxy) is 1. The van der Waals surface area contributed by atoms with Gasteiger partial charge in [-0.3, -0.25) is 9.59 Å². The number of carbonyl (C=O) groups excluding carboxylic acids is 2. The Morgan fingerprint density at radius 1 is 0.354 bits per heavy atom. The lowest BCUT2D eigenvalue weighted by Gasteiger charge is -2.20. The van der Waals surface area contributed by atoms with E-state index in [0.29, 0.717) is 19.4 Å². The van der Waals surface area contributed by atoms with Gasteiger partial charge < -0.3 is 20.3 Å². The van der Waals surface area contributed by atoms with Crippen molar-refractivity contribution in [3.63, 3.8) is 0 Å². The average molecular weight is 1110 g/mol. The van der Waals surface area contributed by atoms with Gasteiger partial charge in [-0.15, -0.1) is 0 Å². The van der Waals surface area contributed by atoms with Crippen LogP contribution in [0.15, 0.2) is 36.5 Å². The molecule has 0 bridgehead atoms. The van der Waals surface area contributed by atoms with Gasteiger partial charge in [-0.05, 0) is 64.2 Å². The Kier molecular flexibility index (Phi) is 66.9. The number of nitrogens with one attached hydrogen (secondary N) is 1. The SMILES string of the molecule is CCCCCCCCCCCC/C=C/C(O)C(CO)NC(=O)CCCCCCCCCCCCCCCCCCC/C=C\C/C=C\CCCCCCCCCCCCCCCOC(=O)CCCCCCCCCCCCCCC. The molecule has 0 aromatic heterocycles. The first-order chi connectivity index (χ1) is 39.0. The van der Waals surface area contributed by atoms with Crippen molar-refractivity contribution in [1.29, 1.82) is 0 Å². The molecule has 0 spiro atoms. The van der Waals surface area contributed by atoms with Gasteiger partial charge in [0.1, 0.15) is 0 Å². The van der Waals surface area contributed by atoms with Crippen LogP contribution in [0.2, 0.25) is 0 Å². The molecule has 0 aliphatic carbocycles. The first-order valence-corrected chi connectivity index (χ1v) is 35.8. The molecular weight excluding hydrogens is 971 g/mol. The fraction of sp³-hybridized carbons (Fsp3) is 0.890. The molecule has 3 N–H and O–H groups in total. The minimum Gasteiger partial charge on any atom is -0.466 e. The van der Waals surface area contributed by atoms with Crippen molar-refractivity contribution in [2.75, 3.05) is 13.2 Å². The van der Waals surface area contributed by atoms with E-state index in [9.17, 15) is 19.8 Å². The summed E-state index contributed by atoms with van der Waals surface area (Å²) in [6, 6.07) is -0.625. The molecule has 1 amide bonds. The molecular formula is C73H139NO5. The minimum absolute atomic E-state index is 0.0204. The monoisotopic (exact) mass is 1110 g/mol. The van der Waals surface area contributed by atoms with Gasteiger partial charge in [0.2, 0.25) is 5.91 Å². The van der Waals surface area contributed by atoms with Crippen molar-refractivity contribution in [2.45, 2.75) is 405 Å². The summed E-state index contributed by atoms with van der Waals surface area (Å²) < 4.78 is 5.49. The van der Waals surface area contributed by atoms with Crippen LogP contribution in [0.5, 0.6) is 0 Å². The molecule has 0 saturated carbocycles. The summed E-state index contributed by atoms with van der Waals surface area (Å²) >= 11 is 0. The van der Waals surface area contributed by atoms with Gasteiger partial charge in [-0.2, -0.15) is 0 Å². The fourth-order valence-electron chi connectivity index (χ4n) is 11.2. The Morgan fingerprint density at radius 3 is 0.962 bits per heavy atom.